The van der Waals surface area contributed by atoms with Crippen molar-refractivity contribution < 1.29 is 4.52 Å². The van der Waals surface area contributed by atoms with Crippen LogP contribution in [0.1, 0.15) is 45.3 Å². The third kappa shape index (κ3) is 4.01. The van der Waals surface area contributed by atoms with Gasteiger partial charge in [-0.2, -0.15) is 4.98 Å². The van der Waals surface area contributed by atoms with E-state index in [0.717, 1.165) is 37.8 Å². The van der Waals surface area contributed by atoms with Crippen LogP contribution < -0.4 is 5.73 Å². The molecular weight excluding hydrogens is 240 g/mol. The molecule has 1 saturated heterocycles. The number of hydrogen-bond donors (Lipinski definition) is 1. The minimum atomic E-state index is 0.545. The van der Waals surface area contributed by atoms with Crippen LogP contribution in [0.15, 0.2) is 4.52 Å². The number of aromatic nitrogens is 2. The highest BCUT2D eigenvalue weighted by molar-refractivity contribution is 4.90. The van der Waals surface area contributed by atoms with E-state index < -0.39 is 0 Å². The first-order valence-electron chi connectivity index (χ1n) is 7.34. The summed E-state index contributed by atoms with van der Waals surface area (Å²) in [7, 11) is 0. The van der Waals surface area contributed by atoms with Crippen LogP contribution in [-0.2, 0) is 13.0 Å². The number of likely N-dealkylation sites (tertiary alicyclic amines) is 1. The third-order valence-electron chi connectivity index (χ3n) is 3.88. The molecule has 0 spiro atoms. The summed E-state index contributed by atoms with van der Waals surface area (Å²) in [6.07, 6.45) is 3.30. The van der Waals surface area contributed by atoms with Gasteiger partial charge in [-0.15, -0.1) is 0 Å². The average Bonchev–Trinajstić information content (AvgIpc) is 2.78. The smallest absolute Gasteiger partial charge is 0.226 e. The number of piperidine rings is 1. The molecule has 1 fully saturated rings. The fraction of sp³-hybridized carbons (Fsp3) is 0.857. The fourth-order valence-corrected chi connectivity index (χ4v) is 2.64. The van der Waals surface area contributed by atoms with Gasteiger partial charge in [0, 0.05) is 19.0 Å². The molecule has 5 nitrogen and oxygen atoms in total. The lowest BCUT2D eigenvalue weighted by Gasteiger charge is -2.36. The molecule has 2 rings (SSSR count). The van der Waals surface area contributed by atoms with E-state index in [1.54, 1.807) is 0 Å². The van der Waals surface area contributed by atoms with E-state index in [2.05, 4.69) is 35.8 Å². The molecule has 0 saturated carbocycles. The minimum Gasteiger partial charge on any atom is -0.339 e. The van der Waals surface area contributed by atoms with Gasteiger partial charge in [0.05, 0.1) is 6.54 Å². The first-order valence-corrected chi connectivity index (χ1v) is 7.34. The van der Waals surface area contributed by atoms with Crippen molar-refractivity contribution in [1.82, 2.24) is 15.0 Å². The number of rotatable bonds is 5. The molecule has 0 bridgehead atoms. The highest BCUT2D eigenvalue weighted by Crippen LogP contribution is 2.22. The monoisotopic (exact) mass is 266 g/mol. The summed E-state index contributed by atoms with van der Waals surface area (Å²) in [5.41, 5.74) is 5.79. The summed E-state index contributed by atoms with van der Waals surface area (Å²) in [4.78, 5) is 6.90. The second kappa shape index (κ2) is 6.48. The zero-order valence-corrected chi connectivity index (χ0v) is 12.3. The van der Waals surface area contributed by atoms with Crippen LogP contribution in [0.2, 0.25) is 0 Å². The van der Waals surface area contributed by atoms with Crippen molar-refractivity contribution in [3.8, 4) is 0 Å². The number of hydrogen-bond acceptors (Lipinski definition) is 5. The van der Waals surface area contributed by atoms with E-state index in [0.29, 0.717) is 17.9 Å². The molecule has 1 aliphatic heterocycles. The second-order valence-electron chi connectivity index (χ2n) is 6.16. The van der Waals surface area contributed by atoms with Crippen LogP contribution in [0.4, 0.5) is 0 Å². The molecule has 1 aromatic rings. The molecule has 1 aliphatic rings. The lowest BCUT2D eigenvalue weighted by Crippen LogP contribution is -2.43. The maximum Gasteiger partial charge on any atom is 0.226 e. The molecule has 5 heteroatoms. The SMILES string of the molecule is CC(C)Cc1nc(CN2CC(CN)CCC2C)no1. The molecule has 2 heterocycles. The molecule has 108 valence electrons. The van der Waals surface area contributed by atoms with Gasteiger partial charge in [0.2, 0.25) is 5.89 Å². The van der Waals surface area contributed by atoms with E-state index in [4.69, 9.17) is 10.3 Å². The van der Waals surface area contributed by atoms with Crippen LogP contribution in [0.3, 0.4) is 0 Å². The van der Waals surface area contributed by atoms with Gasteiger partial charge in [0.25, 0.3) is 0 Å². The molecule has 2 unspecified atom stereocenters. The molecule has 2 N–H and O–H groups in total. The van der Waals surface area contributed by atoms with Crippen LogP contribution in [0, 0.1) is 11.8 Å². The summed E-state index contributed by atoms with van der Waals surface area (Å²) in [5, 5.41) is 4.09. The number of nitrogens with two attached hydrogens (primary N) is 1. The first kappa shape index (κ1) is 14.5. The number of nitrogens with zero attached hydrogens (tertiary/aromatic N) is 3. The normalized spacial score (nSPS) is 25.1. The molecular formula is C14H26N4O. The molecule has 2 atom stereocenters. The van der Waals surface area contributed by atoms with E-state index in [-0.39, 0.29) is 0 Å². The maximum absolute atomic E-state index is 5.79. The first-order chi connectivity index (χ1) is 9.08. The van der Waals surface area contributed by atoms with E-state index >= 15 is 0 Å². The Hall–Kier alpha value is -0.940. The highest BCUT2D eigenvalue weighted by atomic mass is 16.5. The van der Waals surface area contributed by atoms with E-state index in [9.17, 15) is 0 Å². The predicted molar refractivity (Wildman–Crippen MR) is 74.5 cm³/mol. The van der Waals surface area contributed by atoms with Crippen LogP contribution in [-0.4, -0.2) is 34.2 Å². The van der Waals surface area contributed by atoms with Gasteiger partial charge >= 0.3 is 0 Å². The Morgan fingerprint density at radius 3 is 2.89 bits per heavy atom. The maximum atomic E-state index is 5.79. The quantitative estimate of drug-likeness (QED) is 0.880. The zero-order chi connectivity index (χ0) is 13.8. The largest absolute Gasteiger partial charge is 0.339 e. The minimum absolute atomic E-state index is 0.545. The standard InChI is InChI=1S/C14H26N4O/c1-10(2)6-14-16-13(17-19-14)9-18-8-12(7-15)5-4-11(18)3/h10-12H,4-9,15H2,1-3H3. The van der Waals surface area contributed by atoms with Crippen LogP contribution in [0.25, 0.3) is 0 Å². The summed E-state index contributed by atoms with van der Waals surface area (Å²) in [6.45, 7) is 9.17. The molecule has 19 heavy (non-hydrogen) atoms. The van der Waals surface area contributed by atoms with Gasteiger partial charge in [-0.25, -0.2) is 0 Å². The third-order valence-corrected chi connectivity index (χ3v) is 3.88. The molecule has 0 radical (unpaired) electrons. The Bertz CT molecular complexity index is 391. The van der Waals surface area contributed by atoms with Crippen LogP contribution >= 0.6 is 0 Å². The summed E-state index contributed by atoms with van der Waals surface area (Å²) in [5.74, 6) is 2.72. The van der Waals surface area contributed by atoms with E-state index in [1.807, 2.05) is 0 Å². The molecule has 0 aliphatic carbocycles. The van der Waals surface area contributed by atoms with Crippen molar-refractivity contribution in [3.63, 3.8) is 0 Å². The molecule has 0 aromatic carbocycles. The topological polar surface area (TPSA) is 68.2 Å². The van der Waals surface area contributed by atoms with Crippen molar-refractivity contribution in [3.05, 3.63) is 11.7 Å². The highest BCUT2D eigenvalue weighted by Gasteiger charge is 2.25. The second-order valence-corrected chi connectivity index (χ2v) is 6.16. The fourth-order valence-electron chi connectivity index (χ4n) is 2.64. The lowest BCUT2D eigenvalue weighted by atomic mass is 9.93. The van der Waals surface area contributed by atoms with Crippen molar-refractivity contribution in [2.24, 2.45) is 17.6 Å². The van der Waals surface area contributed by atoms with Gasteiger partial charge in [0.15, 0.2) is 5.82 Å². The average molecular weight is 266 g/mol. The van der Waals surface area contributed by atoms with Crippen molar-refractivity contribution in [2.45, 2.75) is 52.6 Å². The molecule has 1 aromatic heterocycles. The van der Waals surface area contributed by atoms with Crippen molar-refractivity contribution in [2.75, 3.05) is 13.1 Å². The van der Waals surface area contributed by atoms with Gasteiger partial charge in [0.1, 0.15) is 0 Å². The molecule has 0 amide bonds. The van der Waals surface area contributed by atoms with Gasteiger partial charge in [-0.05, 0) is 38.1 Å². The Balaban J connectivity index is 1.93. The Morgan fingerprint density at radius 1 is 1.42 bits per heavy atom. The van der Waals surface area contributed by atoms with Crippen molar-refractivity contribution in [1.29, 1.82) is 0 Å². The van der Waals surface area contributed by atoms with Gasteiger partial charge < -0.3 is 10.3 Å². The van der Waals surface area contributed by atoms with Crippen molar-refractivity contribution >= 4 is 0 Å². The summed E-state index contributed by atoms with van der Waals surface area (Å²) >= 11 is 0. The summed E-state index contributed by atoms with van der Waals surface area (Å²) in [6, 6.07) is 0.579. The van der Waals surface area contributed by atoms with Crippen LogP contribution in [0.5, 0.6) is 0 Å². The Morgan fingerprint density at radius 2 is 2.21 bits per heavy atom. The van der Waals surface area contributed by atoms with Gasteiger partial charge in [-0.3, -0.25) is 4.90 Å². The predicted octanol–water partition coefficient (Wildman–Crippen LogP) is 1.83. The van der Waals surface area contributed by atoms with Gasteiger partial charge in [-0.1, -0.05) is 19.0 Å². The summed E-state index contributed by atoms with van der Waals surface area (Å²) < 4.78 is 5.29. The lowest BCUT2D eigenvalue weighted by molar-refractivity contribution is 0.109. The Labute approximate surface area is 115 Å². The Kier molecular flexibility index (Phi) is 4.93. The van der Waals surface area contributed by atoms with E-state index in [1.165, 1.54) is 12.8 Å². The zero-order valence-electron chi connectivity index (χ0n) is 12.3.